The minimum absolute atomic E-state index is 0.208. The molecular weight excluding hydrogens is 267 g/mol. The first kappa shape index (κ1) is 12.7. The molecule has 20 heavy (non-hydrogen) atoms. The number of benzene rings is 2. The lowest BCUT2D eigenvalue weighted by Gasteiger charge is -2.46. The number of β-lactam (4-membered cyclic amide) rings is 1. The van der Waals surface area contributed by atoms with Gasteiger partial charge in [0.2, 0.25) is 0 Å². The lowest BCUT2D eigenvalue weighted by atomic mass is 9.89. The van der Waals surface area contributed by atoms with Crippen molar-refractivity contribution in [2.75, 3.05) is 4.90 Å². The smallest absolute Gasteiger partial charge is 0.293 e. The topological polar surface area (TPSA) is 20.3 Å². The molecule has 1 aliphatic rings. The van der Waals surface area contributed by atoms with E-state index in [9.17, 15) is 18.0 Å². The molecule has 0 aliphatic carbocycles. The first-order chi connectivity index (χ1) is 9.51. The zero-order valence-electron chi connectivity index (χ0n) is 10.3. The van der Waals surface area contributed by atoms with E-state index in [2.05, 4.69) is 0 Å². The average molecular weight is 277 g/mol. The Hall–Kier alpha value is -2.30. The van der Waals surface area contributed by atoms with Crippen LogP contribution in [0.25, 0.3) is 0 Å². The van der Waals surface area contributed by atoms with Crippen molar-refractivity contribution in [2.45, 2.75) is 12.0 Å². The van der Waals surface area contributed by atoms with Gasteiger partial charge in [-0.3, -0.25) is 9.69 Å². The minimum atomic E-state index is -3.46. The average Bonchev–Trinajstić information content (AvgIpc) is 2.46. The molecule has 3 rings (SSSR count). The fourth-order valence-corrected chi connectivity index (χ4v) is 2.35. The summed E-state index contributed by atoms with van der Waals surface area (Å²) in [5, 5.41) is 0. The van der Waals surface area contributed by atoms with Gasteiger partial charge in [-0.2, -0.15) is 8.78 Å². The van der Waals surface area contributed by atoms with Gasteiger partial charge in [0.25, 0.3) is 0 Å². The van der Waals surface area contributed by atoms with Crippen LogP contribution in [-0.2, 0) is 4.79 Å². The monoisotopic (exact) mass is 277 g/mol. The maximum Gasteiger partial charge on any atom is 0.349 e. The highest BCUT2D eigenvalue weighted by atomic mass is 19.3. The van der Waals surface area contributed by atoms with Gasteiger partial charge in [0.15, 0.2) is 0 Å². The lowest BCUT2D eigenvalue weighted by molar-refractivity contribution is -0.162. The van der Waals surface area contributed by atoms with Crippen LogP contribution in [0.15, 0.2) is 54.6 Å². The Morgan fingerprint density at radius 1 is 0.950 bits per heavy atom. The van der Waals surface area contributed by atoms with Gasteiger partial charge >= 0.3 is 11.8 Å². The third-order valence-corrected chi connectivity index (χ3v) is 3.33. The molecule has 1 aliphatic heterocycles. The van der Waals surface area contributed by atoms with Gasteiger partial charge < -0.3 is 0 Å². The van der Waals surface area contributed by atoms with Crippen LogP contribution >= 0.6 is 0 Å². The maximum absolute atomic E-state index is 13.8. The molecule has 1 atom stereocenters. The summed E-state index contributed by atoms with van der Waals surface area (Å²) < 4.78 is 40.6. The number of para-hydroxylation sites is 1. The van der Waals surface area contributed by atoms with Crippen molar-refractivity contribution in [1.82, 2.24) is 0 Å². The van der Waals surface area contributed by atoms with Crippen LogP contribution in [0.1, 0.15) is 11.6 Å². The van der Waals surface area contributed by atoms with E-state index >= 15 is 0 Å². The van der Waals surface area contributed by atoms with Gasteiger partial charge in [0.05, 0.1) is 0 Å². The molecule has 0 N–H and O–H groups in total. The zero-order valence-corrected chi connectivity index (χ0v) is 10.3. The second-order valence-electron chi connectivity index (χ2n) is 4.59. The van der Waals surface area contributed by atoms with E-state index in [1.165, 1.54) is 12.1 Å². The quantitative estimate of drug-likeness (QED) is 0.769. The van der Waals surface area contributed by atoms with Crippen LogP contribution in [0, 0.1) is 5.82 Å². The predicted octanol–water partition coefficient (Wildman–Crippen LogP) is 3.55. The van der Waals surface area contributed by atoms with Crippen molar-refractivity contribution < 1.29 is 18.0 Å². The molecular formula is C15H10F3NO. The first-order valence-corrected chi connectivity index (χ1v) is 6.04. The van der Waals surface area contributed by atoms with E-state index < -0.39 is 23.7 Å². The molecule has 1 amide bonds. The van der Waals surface area contributed by atoms with E-state index in [0.717, 1.165) is 17.0 Å². The Labute approximate surface area is 113 Å². The Kier molecular flexibility index (Phi) is 2.78. The molecule has 0 saturated carbocycles. The number of halogens is 3. The molecule has 0 bridgehead atoms. The number of hydrogen-bond donors (Lipinski definition) is 0. The fraction of sp³-hybridized carbons (Fsp3) is 0.133. The molecule has 1 fully saturated rings. The van der Waals surface area contributed by atoms with Gasteiger partial charge in [-0.15, -0.1) is 0 Å². The van der Waals surface area contributed by atoms with Crippen LogP contribution in [-0.4, -0.2) is 11.8 Å². The number of nitrogens with zero attached hydrogens (tertiary/aromatic N) is 1. The number of rotatable bonds is 2. The van der Waals surface area contributed by atoms with Gasteiger partial charge in [0, 0.05) is 5.69 Å². The molecule has 2 aromatic carbocycles. The van der Waals surface area contributed by atoms with Crippen molar-refractivity contribution in [2.24, 2.45) is 0 Å². The second-order valence-corrected chi connectivity index (χ2v) is 4.59. The highest BCUT2D eigenvalue weighted by Gasteiger charge is 2.64. The number of carbonyl (C=O) groups excluding carboxylic acids is 1. The van der Waals surface area contributed by atoms with Crippen LogP contribution in [0.5, 0.6) is 0 Å². The van der Waals surface area contributed by atoms with Crippen molar-refractivity contribution in [3.63, 3.8) is 0 Å². The van der Waals surface area contributed by atoms with E-state index in [-0.39, 0.29) is 5.56 Å². The Bertz CT molecular complexity index is 640. The SMILES string of the molecule is O=C1N(c2ccccc2)[C@H](c2ccc(F)cc2)C1(F)F. The summed E-state index contributed by atoms with van der Waals surface area (Å²) in [4.78, 5) is 12.7. The van der Waals surface area contributed by atoms with Crippen LogP contribution < -0.4 is 4.90 Å². The van der Waals surface area contributed by atoms with Gasteiger partial charge in [0.1, 0.15) is 11.9 Å². The van der Waals surface area contributed by atoms with E-state index in [0.29, 0.717) is 5.69 Å². The second kappa shape index (κ2) is 4.37. The molecule has 2 nitrogen and oxygen atoms in total. The van der Waals surface area contributed by atoms with Crippen molar-refractivity contribution in [3.8, 4) is 0 Å². The lowest BCUT2D eigenvalue weighted by Crippen LogP contribution is -2.64. The van der Waals surface area contributed by atoms with E-state index in [1.807, 2.05) is 0 Å². The van der Waals surface area contributed by atoms with Gasteiger partial charge in [-0.05, 0) is 29.8 Å². The van der Waals surface area contributed by atoms with Gasteiger partial charge in [-0.1, -0.05) is 30.3 Å². The zero-order chi connectivity index (χ0) is 14.3. The Balaban J connectivity index is 2.02. The predicted molar refractivity (Wildman–Crippen MR) is 68.0 cm³/mol. The number of amides is 1. The number of hydrogen-bond acceptors (Lipinski definition) is 1. The summed E-state index contributed by atoms with van der Waals surface area (Å²) in [6.45, 7) is 0. The van der Waals surface area contributed by atoms with Crippen molar-refractivity contribution in [1.29, 1.82) is 0 Å². The fourth-order valence-electron chi connectivity index (χ4n) is 2.35. The van der Waals surface area contributed by atoms with E-state index in [4.69, 9.17) is 0 Å². The number of alkyl halides is 2. The number of carbonyl (C=O) groups is 1. The summed E-state index contributed by atoms with van der Waals surface area (Å²) in [6.07, 6.45) is 0. The molecule has 0 radical (unpaired) electrons. The molecule has 1 heterocycles. The van der Waals surface area contributed by atoms with Gasteiger partial charge in [-0.25, -0.2) is 4.39 Å². The highest BCUT2D eigenvalue weighted by molar-refractivity contribution is 6.07. The van der Waals surface area contributed by atoms with Crippen molar-refractivity contribution in [3.05, 3.63) is 66.0 Å². The normalized spacial score (nSPS) is 20.6. The van der Waals surface area contributed by atoms with Crippen LogP contribution in [0.3, 0.4) is 0 Å². The van der Waals surface area contributed by atoms with Crippen LogP contribution in [0.4, 0.5) is 18.9 Å². The number of anilines is 1. The highest BCUT2D eigenvalue weighted by Crippen LogP contribution is 2.49. The minimum Gasteiger partial charge on any atom is -0.293 e. The summed E-state index contributed by atoms with van der Waals surface area (Å²) in [7, 11) is 0. The standard InChI is InChI=1S/C15H10F3NO/c16-11-8-6-10(7-9-11)13-15(17,18)14(20)19(13)12-4-2-1-3-5-12/h1-9,13H/t13-/m1/s1. The third-order valence-electron chi connectivity index (χ3n) is 3.33. The molecule has 0 unspecified atom stereocenters. The Morgan fingerprint density at radius 2 is 1.55 bits per heavy atom. The third kappa shape index (κ3) is 1.78. The van der Waals surface area contributed by atoms with E-state index in [1.54, 1.807) is 30.3 Å². The van der Waals surface area contributed by atoms with Crippen molar-refractivity contribution >= 4 is 11.6 Å². The Morgan fingerprint density at radius 3 is 2.15 bits per heavy atom. The molecule has 5 heteroatoms. The molecule has 1 saturated heterocycles. The molecule has 0 aromatic heterocycles. The summed E-state index contributed by atoms with van der Waals surface area (Å²) in [5.41, 5.74) is 0.609. The molecule has 2 aromatic rings. The molecule has 102 valence electrons. The summed E-state index contributed by atoms with van der Waals surface area (Å²) in [6, 6.07) is 11.6. The summed E-state index contributed by atoms with van der Waals surface area (Å²) >= 11 is 0. The maximum atomic E-state index is 13.8. The van der Waals surface area contributed by atoms with Crippen LogP contribution in [0.2, 0.25) is 0 Å². The summed E-state index contributed by atoms with van der Waals surface area (Å²) in [5.74, 6) is -5.21. The largest absolute Gasteiger partial charge is 0.349 e. The molecule has 0 spiro atoms. The first-order valence-electron chi connectivity index (χ1n) is 6.04.